The number of hydrogen-bond donors (Lipinski definition) is 3. The molecule has 1 aliphatic heterocycles. The number of hydrogen-bond acceptors (Lipinski definition) is 3. The third-order valence-corrected chi connectivity index (χ3v) is 2.45. The van der Waals surface area contributed by atoms with Crippen LogP contribution in [-0.4, -0.2) is 22.3 Å². The molecule has 2 rings (SSSR count). The lowest BCUT2D eigenvalue weighted by Crippen LogP contribution is -2.23. The Morgan fingerprint density at radius 2 is 2.50 bits per heavy atom. The molecule has 2 heterocycles. The first kappa shape index (κ1) is 9.05. The van der Waals surface area contributed by atoms with Crippen LogP contribution in [0.25, 0.3) is 0 Å². The number of anilines is 1. The van der Waals surface area contributed by atoms with E-state index >= 15 is 0 Å². The van der Waals surface area contributed by atoms with Crippen LogP contribution in [0.2, 0.25) is 0 Å². The molecule has 0 amide bonds. The Hall–Kier alpha value is -1.52. The van der Waals surface area contributed by atoms with Crippen molar-refractivity contribution in [2.75, 3.05) is 11.9 Å². The van der Waals surface area contributed by atoms with Gasteiger partial charge in [-0.15, -0.1) is 0 Å². The fraction of sp³-hybridized carbons (Fsp3) is 0.556. The fourth-order valence-electron chi connectivity index (χ4n) is 1.86. The minimum absolute atomic E-state index is 0.0157. The maximum absolute atomic E-state index is 7.39. The Balaban J connectivity index is 2.44. The topological polar surface area (TPSA) is 79.7 Å². The fourth-order valence-corrected chi connectivity index (χ4v) is 1.86. The van der Waals surface area contributed by atoms with Gasteiger partial charge in [0, 0.05) is 12.1 Å². The van der Waals surface area contributed by atoms with E-state index in [0.717, 1.165) is 37.3 Å². The minimum Gasteiger partial charge on any atom is -0.369 e. The molecule has 0 fully saturated rings. The van der Waals surface area contributed by atoms with E-state index in [0.29, 0.717) is 0 Å². The molecule has 0 radical (unpaired) electrons. The maximum atomic E-state index is 7.39. The molecule has 0 atom stereocenters. The second kappa shape index (κ2) is 3.32. The van der Waals surface area contributed by atoms with Gasteiger partial charge in [-0.05, 0) is 12.8 Å². The van der Waals surface area contributed by atoms with Crippen molar-refractivity contribution in [3.63, 3.8) is 0 Å². The predicted molar refractivity (Wildman–Crippen MR) is 55.7 cm³/mol. The Morgan fingerprint density at radius 1 is 1.71 bits per heavy atom. The molecule has 14 heavy (non-hydrogen) atoms. The third-order valence-electron chi connectivity index (χ3n) is 2.45. The molecule has 0 aliphatic carbocycles. The summed E-state index contributed by atoms with van der Waals surface area (Å²) in [6.07, 6.45) is 3.03. The van der Waals surface area contributed by atoms with Gasteiger partial charge >= 0.3 is 0 Å². The molecule has 76 valence electrons. The number of fused-ring (bicyclic) bond motifs is 1. The zero-order chi connectivity index (χ0) is 10.1. The lowest BCUT2D eigenvalue weighted by atomic mass is 10.1. The summed E-state index contributed by atoms with van der Waals surface area (Å²) in [6.45, 7) is 3.05. The van der Waals surface area contributed by atoms with Gasteiger partial charge in [-0.2, -0.15) is 9.78 Å². The van der Waals surface area contributed by atoms with Crippen LogP contribution in [0.15, 0.2) is 0 Å². The molecule has 0 saturated carbocycles. The lowest BCUT2D eigenvalue weighted by molar-refractivity contribution is 0.809. The molecule has 4 N–H and O–H groups in total. The summed E-state index contributed by atoms with van der Waals surface area (Å²) in [6, 6.07) is 0. The Bertz CT molecular complexity index is 366. The number of nitrogens with two attached hydrogens (primary N) is 1. The van der Waals surface area contributed by atoms with Gasteiger partial charge in [-0.25, -0.2) is 0 Å². The van der Waals surface area contributed by atoms with Gasteiger partial charge in [-0.1, -0.05) is 13.3 Å². The third kappa shape index (κ3) is 1.25. The van der Waals surface area contributed by atoms with Crippen molar-refractivity contribution >= 4 is 11.8 Å². The summed E-state index contributed by atoms with van der Waals surface area (Å²) in [5.41, 5.74) is 7.76. The SMILES string of the molecule is CCCc1nn(C(=N)N)c2c1CCN2. The van der Waals surface area contributed by atoms with Gasteiger partial charge in [0.15, 0.2) is 0 Å². The van der Waals surface area contributed by atoms with Gasteiger partial charge in [0.1, 0.15) is 5.82 Å². The Labute approximate surface area is 82.8 Å². The number of nitrogens with one attached hydrogen (secondary N) is 2. The monoisotopic (exact) mass is 193 g/mol. The Morgan fingerprint density at radius 3 is 3.14 bits per heavy atom. The number of nitrogen functional groups attached to an aromatic ring is 1. The van der Waals surface area contributed by atoms with Gasteiger partial charge in [0.2, 0.25) is 5.96 Å². The zero-order valence-corrected chi connectivity index (χ0v) is 8.30. The molecule has 0 saturated heterocycles. The largest absolute Gasteiger partial charge is 0.369 e. The predicted octanol–water partition coefficient (Wildman–Crippen LogP) is 0.545. The highest BCUT2D eigenvalue weighted by molar-refractivity contribution is 5.81. The van der Waals surface area contributed by atoms with E-state index in [1.165, 1.54) is 10.2 Å². The van der Waals surface area contributed by atoms with Crippen LogP contribution in [0.3, 0.4) is 0 Å². The van der Waals surface area contributed by atoms with Crippen molar-refractivity contribution in [3.8, 4) is 0 Å². The molecule has 0 bridgehead atoms. The number of aromatic nitrogens is 2. The van der Waals surface area contributed by atoms with Crippen LogP contribution in [0.5, 0.6) is 0 Å². The summed E-state index contributed by atoms with van der Waals surface area (Å²) in [7, 11) is 0. The van der Waals surface area contributed by atoms with Crippen molar-refractivity contribution in [2.24, 2.45) is 5.73 Å². The average Bonchev–Trinajstić information content (AvgIpc) is 2.67. The van der Waals surface area contributed by atoms with E-state index in [4.69, 9.17) is 11.1 Å². The second-order valence-electron chi connectivity index (χ2n) is 3.50. The van der Waals surface area contributed by atoms with Crippen LogP contribution in [-0.2, 0) is 12.8 Å². The molecular weight excluding hydrogens is 178 g/mol. The molecule has 1 aromatic rings. The first-order chi connectivity index (χ1) is 6.74. The number of rotatable bonds is 2. The van der Waals surface area contributed by atoms with E-state index in [1.807, 2.05) is 0 Å². The molecule has 1 aliphatic rings. The highest BCUT2D eigenvalue weighted by Gasteiger charge is 2.22. The smallest absolute Gasteiger partial charge is 0.215 e. The molecular formula is C9H15N5. The van der Waals surface area contributed by atoms with Crippen molar-refractivity contribution in [2.45, 2.75) is 26.2 Å². The standard InChI is InChI=1S/C9H15N5/c1-2-3-7-6-4-5-12-8(6)14(13-7)9(10)11/h12H,2-5H2,1H3,(H3,10,11). The summed E-state index contributed by atoms with van der Waals surface area (Å²) in [5.74, 6) is 0.902. The normalized spacial score (nSPS) is 13.8. The van der Waals surface area contributed by atoms with Crippen molar-refractivity contribution in [3.05, 3.63) is 11.3 Å². The van der Waals surface area contributed by atoms with Gasteiger partial charge in [-0.3, -0.25) is 5.41 Å². The molecule has 5 nitrogen and oxygen atoms in total. The van der Waals surface area contributed by atoms with E-state index in [9.17, 15) is 0 Å². The summed E-state index contributed by atoms with van der Waals surface area (Å²) in [5, 5.41) is 14.9. The maximum Gasteiger partial charge on any atom is 0.215 e. The molecule has 5 heteroatoms. The average molecular weight is 193 g/mol. The highest BCUT2D eigenvalue weighted by atomic mass is 15.4. The van der Waals surface area contributed by atoms with E-state index in [2.05, 4.69) is 17.3 Å². The van der Waals surface area contributed by atoms with Gasteiger partial charge < -0.3 is 11.1 Å². The van der Waals surface area contributed by atoms with Crippen molar-refractivity contribution < 1.29 is 0 Å². The molecule has 1 aromatic heterocycles. The lowest BCUT2D eigenvalue weighted by Gasteiger charge is -2.01. The van der Waals surface area contributed by atoms with Crippen LogP contribution < -0.4 is 11.1 Å². The zero-order valence-electron chi connectivity index (χ0n) is 8.30. The van der Waals surface area contributed by atoms with Crippen LogP contribution in [0, 0.1) is 5.41 Å². The molecule has 0 unspecified atom stereocenters. The number of nitrogens with zero attached hydrogens (tertiary/aromatic N) is 2. The van der Waals surface area contributed by atoms with Gasteiger partial charge in [0.25, 0.3) is 0 Å². The van der Waals surface area contributed by atoms with Crippen molar-refractivity contribution in [1.29, 1.82) is 5.41 Å². The van der Waals surface area contributed by atoms with E-state index in [1.54, 1.807) is 0 Å². The van der Waals surface area contributed by atoms with Crippen LogP contribution in [0.1, 0.15) is 24.6 Å². The first-order valence-electron chi connectivity index (χ1n) is 4.93. The highest BCUT2D eigenvalue weighted by Crippen LogP contribution is 2.25. The second-order valence-corrected chi connectivity index (χ2v) is 3.50. The quantitative estimate of drug-likeness (QED) is 0.474. The molecule has 0 spiro atoms. The van der Waals surface area contributed by atoms with E-state index < -0.39 is 0 Å². The van der Waals surface area contributed by atoms with Crippen molar-refractivity contribution in [1.82, 2.24) is 9.78 Å². The van der Waals surface area contributed by atoms with Crippen LogP contribution >= 0.6 is 0 Å². The summed E-state index contributed by atoms with van der Waals surface area (Å²) in [4.78, 5) is 0. The Kier molecular flexibility index (Phi) is 2.15. The first-order valence-corrected chi connectivity index (χ1v) is 4.93. The summed E-state index contributed by atoms with van der Waals surface area (Å²) >= 11 is 0. The summed E-state index contributed by atoms with van der Waals surface area (Å²) < 4.78 is 1.49. The van der Waals surface area contributed by atoms with E-state index in [-0.39, 0.29) is 5.96 Å². The molecule has 0 aromatic carbocycles. The van der Waals surface area contributed by atoms with Gasteiger partial charge in [0.05, 0.1) is 5.69 Å². The van der Waals surface area contributed by atoms with Crippen LogP contribution in [0.4, 0.5) is 5.82 Å². The minimum atomic E-state index is -0.0157. The number of aryl methyl sites for hydroxylation is 1.